The summed E-state index contributed by atoms with van der Waals surface area (Å²) in [4.78, 5) is 0. The SMILES string of the molecule is [CH2-]CCC.[CH2-]CCC.[CH2-]CCC.[O]=[V](=[O])[OH]. The van der Waals surface area contributed by atoms with E-state index in [1.165, 1.54) is 19.3 Å². The fourth-order valence-electron chi connectivity index (χ4n) is 0. The van der Waals surface area contributed by atoms with Gasteiger partial charge in [0.25, 0.3) is 0 Å². The van der Waals surface area contributed by atoms with Crippen molar-refractivity contribution in [3.8, 4) is 0 Å². The van der Waals surface area contributed by atoms with Crippen LogP contribution in [-0.2, 0) is 22.7 Å². The Morgan fingerprint density at radius 2 is 0.875 bits per heavy atom. The van der Waals surface area contributed by atoms with Crippen LogP contribution in [0.5, 0.6) is 0 Å². The van der Waals surface area contributed by atoms with Gasteiger partial charge in [0.15, 0.2) is 0 Å². The minimum absolute atomic E-state index is 1.07. The third-order valence-electron chi connectivity index (χ3n) is 1.06. The summed E-state index contributed by atoms with van der Waals surface area (Å²) in [6.07, 6.45) is 6.83. The normalized spacial score (nSPS) is 7.19. The molecule has 3 nitrogen and oxygen atoms in total. The molecular weight excluding hydrogens is 243 g/mol. The van der Waals surface area contributed by atoms with E-state index >= 15 is 0 Å². The van der Waals surface area contributed by atoms with Crippen LogP contribution in [-0.4, -0.2) is 4.03 Å². The van der Waals surface area contributed by atoms with Gasteiger partial charge in [-0.3, -0.25) is 0 Å². The van der Waals surface area contributed by atoms with Crippen molar-refractivity contribution in [2.24, 2.45) is 0 Å². The van der Waals surface area contributed by atoms with Gasteiger partial charge in [-0.2, -0.15) is 19.3 Å². The molecule has 0 heterocycles. The molecule has 0 bridgehead atoms. The Kier molecular flexibility index (Phi) is 56.9. The number of hydrogen-bond donors (Lipinski definition) is 1. The molecule has 4 heteroatoms. The molecule has 1 N–H and O–H groups in total. The molecule has 102 valence electrons. The van der Waals surface area contributed by atoms with Gasteiger partial charge in [0, 0.05) is 0 Å². The fourth-order valence-corrected chi connectivity index (χ4v) is 0. The van der Waals surface area contributed by atoms with Gasteiger partial charge in [-0.25, -0.2) is 0 Å². The van der Waals surface area contributed by atoms with E-state index in [9.17, 15) is 0 Å². The predicted octanol–water partition coefficient (Wildman–Crippen LogP) is 4.06. The molecule has 0 aromatic carbocycles. The quantitative estimate of drug-likeness (QED) is 0.787. The molecule has 0 amide bonds. The van der Waals surface area contributed by atoms with Crippen LogP contribution in [0.4, 0.5) is 0 Å². The summed E-state index contributed by atoms with van der Waals surface area (Å²) in [5.74, 6) is 0. The van der Waals surface area contributed by atoms with E-state index in [0.717, 1.165) is 19.3 Å². The summed E-state index contributed by atoms with van der Waals surface area (Å²) in [5, 5.41) is 0. The van der Waals surface area contributed by atoms with Gasteiger partial charge in [-0.1, -0.05) is 40.0 Å². The van der Waals surface area contributed by atoms with Crippen molar-refractivity contribution in [3.05, 3.63) is 20.8 Å². The Labute approximate surface area is 107 Å². The Hall–Kier alpha value is 0.144. The molecule has 0 spiro atoms. The minimum atomic E-state index is -3.69. The van der Waals surface area contributed by atoms with Gasteiger partial charge in [0.2, 0.25) is 0 Å². The summed E-state index contributed by atoms with van der Waals surface area (Å²) in [7, 11) is 0. The third-order valence-corrected chi connectivity index (χ3v) is 1.06. The molecule has 0 aliphatic carbocycles. The fraction of sp³-hybridized carbons (Fsp3) is 0.750. The first-order valence-corrected chi connectivity index (χ1v) is 7.45. The van der Waals surface area contributed by atoms with Crippen LogP contribution in [0.2, 0.25) is 0 Å². The Morgan fingerprint density at radius 1 is 0.812 bits per heavy atom. The van der Waals surface area contributed by atoms with Crippen LogP contribution in [0.1, 0.15) is 59.3 Å². The average Bonchev–Trinajstić information content (AvgIpc) is 2.28. The van der Waals surface area contributed by atoms with Gasteiger partial charge in [-0.15, -0.1) is 0 Å². The van der Waals surface area contributed by atoms with Gasteiger partial charge < -0.3 is 20.8 Å². The van der Waals surface area contributed by atoms with Crippen molar-refractivity contribution in [2.75, 3.05) is 0 Å². The van der Waals surface area contributed by atoms with Crippen molar-refractivity contribution < 1.29 is 26.8 Å². The van der Waals surface area contributed by atoms with Crippen LogP contribution < -0.4 is 0 Å². The van der Waals surface area contributed by atoms with E-state index in [4.69, 9.17) is 11.4 Å². The Morgan fingerprint density at radius 3 is 0.875 bits per heavy atom. The standard InChI is InChI=1S/3C4H9.H2O.2O.V/c3*1-3-4-2;;;;/h3*1,3-4H2,2H3;1H2;;;/q3*-1;;;;+1/p-1. The maximum absolute atomic E-state index is 8.67. The summed E-state index contributed by atoms with van der Waals surface area (Å²) >= 11 is -3.69. The second kappa shape index (κ2) is 36.2. The monoisotopic (exact) mass is 271 g/mol. The van der Waals surface area contributed by atoms with Crippen molar-refractivity contribution >= 4 is 0 Å². The van der Waals surface area contributed by atoms with Gasteiger partial charge >= 0.3 is 26.8 Å². The van der Waals surface area contributed by atoms with Crippen molar-refractivity contribution in [1.29, 1.82) is 0 Å². The molecule has 0 saturated heterocycles. The van der Waals surface area contributed by atoms with Gasteiger partial charge in [-0.05, 0) is 0 Å². The molecule has 0 aliphatic heterocycles. The summed E-state index contributed by atoms with van der Waals surface area (Å²) in [6.45, 7) is 17.2. The van der Waals surface area contributed by atoms with E-state index in [1.807, 2.05) is 0 Å². The molecule has 0 rings (SSSR count). The number of hydrogen-bond acceptors (Lipinski definition) is 2. The first-order valence-electron chi connectivity index (χ1n) is 5.69. The second-order valence-corrected chi connectivity index (χ2v) is 3.54. The molecule has 16 heavy (non-hydrogen) atoms. The van der Waals surface area contributed by atoms with Crippen molar-refractivity contribution in [2.45, 2.75) is 59.3 Å². The van der Waals surface area contributed by atoms with Crippen LogP contribution >= 0.6 is 0 Å². The Balaban J connectivity index is -0.0000000600. The summed E-state index contributed by atoms with van der Waals surface area (Å²) in [6, 6.07) is 0. The van der Waals surface area contributed by atoms with Crippen molar-refractivity contribution in [1.82, 2.24) is 0 Å². The maximum atomic E-state index is 8.67. The molecule has 0 unspecified atom stereocenters. The van der Waals surface area contributed by atoms with Crippen LogP contribution in [0.15, 0.2) is 0 Å². The molecular formula is C12H28O3V-3. The van der Waals surface area contributed by atoms with Crippen molar-refractivity contribution in [3.63, 3.8) is 0 Å². The van der Waals surface area contributed by atoms with E-state index in [0.29, 0.717) is 0 Å². The third kappa shape index (κ3) is 247. The Bertz CT molecular complexity index is 111. The molecule has 0 fully saturated rings. The predicted molar refractivity (Wildman–Crippen MR) is 64.4 cm³/mol. The van der Waals surface area contributed by atoms with E-state index < -0.39 is 15.4 Å². The molecule has 0 radical (unpaired) electrons. The zero-order valence-electron chi connectivity index (χ0n) is 11.1. The second-order valence-electron chi connectivity index (χ2n) is 2.80. The molecule has 0 aliphatic rings. The topological polar surface area (TPSA) is 54.4 Å². The van der Waals surface area contributed by atoms with E-state index in [-0.39, 0.29) is 0 Å². The van der Waals surface area contributed by atoms with Gasteiger partial charge in [0.05, 0.1) is 0 Å². The zero-order chi connectivity index (χ0) is 13.8. The van der Waals surface area contributed by atoms with Crippen LogP contribution in [0.3, 0.4) is 0 Å². The molecule has 0 saturated carbocycles. The first kappa shape index (κ1) is 25.1. The zero-order valence-corrected chi connectivity index (χ0v) is 12.5. The van der Waals surface area contributed by atoms with E-state index in [1.54, 1.807) is 0 Å². The van der Waals surface area contributed by atoms with E-state index in [2.05, 4.69) is 41.5 Å². The number of unbranched alkanes of at least 4 members (excludes halogenated alkanes) is 3. The molecule has 0 aromatic rings. The molecule has 0 aromatic heterocycles. The van der Waals surface area contributed by atoms with Gasteiger partial charge in [0.1, 0.15) is 0 Å². The molecule has 0 atom stereocenters. The average molecular weight is 271 g/mol. The van der Waals surface area contributed by atoms with Crippen LogP contribution in [0.25, 0.3) is 0 Å². The summed E-state index contributed by atoms with van der Waals surface area (Å²) in [5.41, 5.74) is 0. The number of rotatable bonds is 3. The summed E-state index contributed by atoms with van der Waals surface area (Å²) < 4.78 is 24.4. The van der Waals surface area contributed by atoms with Crippen LogP contribution in [0, 0.1) is 20.8 Å². The first-order chi connectivity index (χ1) is 7.47.